The molecule has 5 heterocycles. The molecule has 6 nitrogen and oxygen atoms in total. The summed E-state index contributed by atoms with van der Waals surface area (Å²) in [5.41, 5.74) is 17.4. The second kappa shape index (κ2) is 22.3. The number of nitrogens with zero attached hydrogens (tertiary/aromatic N) is 5. The monoisotopic (exact) mass is 1230 g/mol. The third kappa shape index (κ3) is 11.2. The van der Waals surface area contributed by atoms with Crippen LogP contribution in [0.4, 0.5) is 0 Å². The first-order valence-electron chi connectivity index (χ1n) is 26.9. The van der Waals surface area contributed by atoms with Gasteiger partial charge in [-0.15, -0.1) is 18.2 Å². The van der Waals surface area contributed by atoms with E-state index in [1.165, 1.54) is 43.2 Å². The molecule has 1 fully saturated rings. The van der Waals surface area contributed by atoms with Crippen molar-refractivity contribution >= 4 is 50.8 Å². The molecule has 2 unspecified atom stereocenters. The number of imidazole rings is 1. The minimum absolute atomic E-state index is 0. The Labute approximate surface area is 461 Å². The summed E-state index contributed by atoms with van der Waals surface area (Å²) in [4.78, 5) is 20.3. The van der Waals surface area contributed by atoms with Gasteiger partial charge in [0.15, 0.2) is 0 Å². The van der Waals surface area contributed by atoms with Gasteiger partial charge in [0.1, 0.15) is 0 Å². The molecule has 2 atom stereocenters. The first-order valence-corrected chi connectivity index (χ1v) is 34.3. The fourth-order valence-corrected chi connectivity index (χ4v) is 14.5. The Bertz CT molecular complexity index is 3540. The van der Waals surface area contributed by atoms with E-state index >= 15 is 0 Å². The molecule has 8 heteroatoms. The number of aromatic nitrogens is 5. The number of hydrogen-bond acceptors (Lipinski definition) is 5. The van der Waals surface area contributed by atoms with Crippen molar-refractivity contribution in [2.45, 2.75) is 123 Å². The molecule has 1 aliphatic rings. The van der Waals surface area contributed by atoms with E-state index in [1.54, 1.807) is 4.40 Å². The number of hydrogen-bond donors (Lipinski definition) is 0. The fraction of sp³-hybridized carbons (Fsp3) is 0.313. The Balaban J connectivity index is 0.000000264. The fourth-order valence-electron chi connectivity index (χ4n) is 11.1. The van der Waals surface area contributed by atoms with E-state index in [0.29, 0.717) is 17.5 Å². The van der Waals surface area contributed by atoms with Gasteiger partial charge in [0.2, 0.25) is 5.71 Å². The zero-order valence-corrected chi connectivity index (χ0v) is 50.2. The van der Waals surface area contributed by atoms with Crippen LogP contribution in [0.2, 0.25) is 17.3 Å². The molecule has 11 rings (SSSR count). The minimum atomic E-state index is -1.87. The van der Waals surface area contributed by atoms with E-state index in [9.17, 15) is 0 Å². The van der Waals surface area contributed by atoms with Crippen molar-refractivity contribution in [1.29, 1.82) is 0 Å². The van der Waals surface area contributed by atoms with Crippen molar-refractivity contribution in [2.75, 3.05) is 0 Å². The van der Waals surface area contributed by atoms with Crippen molar-refractivity contribution in [1.82, 2.24) is 24.5 Å². The molecule has 0 spiro atoms. The maximum absolute atomic E-state index is 6.81. The van der Waals surface area contributed by atoms with Crippen LogP contribution in [0.3, 0.4) is 0 Å². The Morgan fingerprint density at radius 3 is 2.03 bits per heavy atom. The van der Waals surface area contributed by atoms with Gasteiger partial charge in [0, 0.05) is 53.9 Å². The van der Waals surface area contributed by atoms with Crippen molar-refractivity contribution in [3.8, 4) is 50.6 Å². The number of pyridine rings is 3. The molecule has 5 aromatic carbocycles. The third-order valence-corrected chi connectivity index (χ3v) is 19.8. The molecule has 0 amide bonds. The van der Waals surface area contributed by atoms with Crippen molar-refractivity contribution in [3.63, 3.8) is 0 Å². The van der Waals surface area contributed by atoms with Crippen LogP contribution in [-0.4, -0.2) is 37.8 Å². The van der Waals surface area contributed by atoms with Gasteiger partial charge >= 0.3 is 132 Å². The van der Waals surface area contributed by atoms with Gasteiger partial charge in [0.05, 0.1) is 33.8 Å². The predicted molar refractivity (Wildman–Crippen MR) is 312 cm³/mol. The summed E-state index contributed by atoms with van der Waals surface area (Å²) in [5, 5.41) is 2.03. The predicted octanol–water partition coefficient (Wildman–Crippen LogP) is 17.4. The summed E-state index contributed by atoms with van der Waals surface area (Å²) < 4.78 is 10.7. The summed E-state index contributed by atoms with van der Waals surface area (Å²) in [6.07, 6.45) is 9.71. The maximum atomic E-state index is 6.81. The van der Waals surface area contributed by atoms with E-state index in [1.807, 2.05) is 25.1 Å². The Morgan fingerprint density at radius 1 is 0.747 bits per heavy atom. The molecule has 5 aromatic heterocycles. The van der Waals surface area contributed by atoms with Gasteiger partial charge in [-0.05, 0) is 85.0 Å². The van der Waals surface area contributed by atoms with Crippen molar-refractivity contribution in [3.05, 3.63) is 180 Å². The molecule has 0 N–H and O–H groups in total. The van der Waals surface area contributed by atoms with Gasteiger partial charge < -0.3 is 8.98 Å². The zero-order valence-electron chi connectivity index (χ0n) is 45.7. The quantitative estimate of drug-likeness (QED) is 0.0953. The molecule has 0 bridgehead atoms. The van der Waals surface area contributed by atoms with Crippen LogP contribution in [0.1, 0.15) is 108 Å². The molecule has 1 saturated carbocycles. The van der Waals surface area contributed by atoms with E-state index in [0.717, 1.165) is 107 Å². The molecule has 0 aliphatic heterocycles. The second-order valence-electron chi connectivity index (χ2n) is 23.0. The first-order chi connectivity index (χ1) is 35.6. The molecular formula is C67H71GeIrN5O-2. The van der Waals surface area contributed by atoms with Crippen molar-refractivity contribution < 1.29 is 24.5 Å². The summed E-state index contributed by atoms with van der Waals surface area (Å²) in [5.74, 6) is 9.91. The number of rotatable bonds is 11. The summed E-state index contributed by atoms with van der Waals surface area (Å²) in [7, 11) is 0. The maximum Gasteiger partial charge on any atom is 0.216 e. The molecule has 0 saturated heterocycles. The number of benzene rings is 5. The van der Waals surface area contributed by atoms with Gasteiger partial charge in [-0.1, -0.05) is 112 Å². The minimum Gasteiger partial charge on any atom is -0.486 e. The normalized spacial score (nSPS) is 14.0. The smallest absolute Gasteiger partial charge is 0.216 e. The van der Waals surface area contributed by atoms with Crippen LogP contribution in [0, 0.1) is 37.8 Å². The number of aryl methyl sites for hydroxylation is 2. The summed E-state index contributed by atoms with van der Waals surface area (Å²) in [6.45, 7) is 17.9. The Kier molecular flexibility index (Phi) is 16.0. The Morgan fingerprint density at radius 2 is 1.41 bits per heavy atom. The average Bonchev–Trinajstić information content (AvgIpc) is 4.17. The van der Waals surface area contributed by atoms with Crippen molar-refractivity contribution in [2.24, 2.45) is 11.8 Å². The molecule has 75 heavy (non-hydrogen) atoms. The van der Waals surface area contributed by atoms with Gasteiger partial charge in [-0.3, -0.25) is 9.97 Å². The largest absolute Gasteiger partial charge is 0.486 e. The Hall–Kier alpha value is -5.99. The molecule has 385 valence electrons. The van der Waals surface area contributed by atoms with Crippen LogP contribution in [0.25, 0.3) is 83.7 Å². The van der Waals surface area contributed by atoms with Crippen LogP contribution >= 0.6 is 0 Å². The standard InChI is InChI=1S/C48H45N4O.C19H26GeN.Ir/c1-29-26-42-43(31(3)49-29)52(44-39(33-18-9-7-10-19-33)27-35(48(4,5)6)28-40(44)34-20-11-8-12-21-34)46(50-42)38-23-15-22-36-37-24-25-41(51-47(37)53-45(36)38)30(2)32-16-13-14-17-32;1-6-15(2)12-17-13-19(16-10-8-7-9-11-16)21-14-18(17)20(3,4)5;/h7-12,15,18-22,24-28,30,32H,13-14,16-17H2,1-6H3;7-10,13-15H,6,12H2,1-5H3;/q2*-1;. The van der Waals surface area contributed by atoms with Crippen LogP contribution in [0.5, 0.6) is 0 Å². The zero-order chi connectivity index (χ0) is 51.9. The summed E-state index contributed by atoms with van der Waals surface area (Å²) in [6, 6.07) is 54.1. The number of fused-ring (bicyclic) bond motifs is 4. The van der Waals surface area contributed by atoms with Gasteiger partial charge in [-0.2, -0.15) is 0 Å². The van der Waals surface area contributed by atoms with Gasteiger partial charge in [-0.25, -0.2) is 4.98 Å². The topological polar surface area (TPSA) is 69.6 Å². The second-order valence-corrected chi connectivity index (χ2v) is 33.6. The van der Waals surface area contributed by atoms with E-state index in [4.69, 9.17) is 24.4 Å². The molecule has 10 aromatic rings. The van der Waals surface area contributed by atoms with Crippen LogP contribution < -0.4 is 4.40 Å². The SMILES string of the molecule is CCC(C)Cc1cc(-c2[c-]cccc2)nc[c]1[Ge]([CH3])([CH3])[CH3].Cc1cc2nc(-c3[c-]ccc4c3oc3nc(C(C)C5CCCC5)ccc34)n(-c3c(-c4ccccc4)cc(C(C)(C)C)cc3-c3ccccc3)c2c(C)n1.[Ir]. The van der Waals surface area contributed by atoms with E-state index < -0.39 is 13.3 Å². The van der Waals surface area contributed by atoms with E-state index in [2.05, 4.69) is 204 Å². The molecular weight excluding hydrogens is 1160 g/mol. The molecule has 1 radical (unpaired) electrons. The third-order valence-electron chi connectivity index (χ3n) is 15.5. The van der Waals surface area contributed by atoms with Crippen LogP contribution in [0.15, 0.2) is 144 Å². The average molecular weight is 1230 g/mol. The molecule has 1 aliphatic carbocycles. The van der Waals surface area contributed by atoms with Crippen LogP contribution in [-0.2, 0) is 31.9 Å². The van der Waals surface area contributed by atoms with Gasteiger partial charge in [0.25, 0.3) is 0 Å². The van der Waals surface area contributed by atoms with E-state index in [-0.39, 0.29) is 25.5 Å². The number of furan rings is 1. The first kappa shape index (κ1) is 53.8. The summed E-state index contributed by atoms with van der Waals surface area (Å²) >= 11 is -1.87.